The van der Waals surface area contributed by atoms with Gasteiger partial charge in [-0.25, -0.2) is 4.79 Å². The molecular formula is C28H48N4O7. The van der Waals surface area contributed by atoms with E-state index in [1.165, 1.54) is 4.90 Å². The number of nitrogens with two attached hydrogens (primary N) is 1. The molecule has 1 aliphatic carbocycles. The number of rotatable bonds is 14. The summed E-state index contributed by atoms with van der Waals surface area (Å²) in [4.78, 5) is 65.3. The zero-order valence-electron chi connectivity index (χ0n) is 23.4. The van der Waals surface area contributed by atoms with Gasteiger partial charge in [0.25, 0.3) is 0 Å². The van der Waals surface area contributed by atoms with Crippen molar-refractivity contribution in [2.24, 2.45) is 17.6 Å². The zero-order chi connectivity index (χ0) is 28.8. The lowest BCUT2D eigenvalue weighted by Crippen LogP contribution is -2.57. The second-order valence-electron chi connectivity index (χ2n) is 11.1. The van der Waals surface area contributed by atoms with Crippen LogP contribution in [0.1, 0.15) is 96.8 Å². The number of nitrogens with one attached hydrogen (secondary N) is 1. The van der Waals surface area contributed by atoms with E-state index >= 15 is 0 Å². The van der Waals surface area contributed by atoms with Crippen LogP contribution in [0.5, 0.6) is 0 Å². The van der Waals surface area contributed by atoms with E-state index in [-0.39, 0.29) is 31.2 Å². The summed E-state index contributed by atoms with van der Waals surface area (Å²) < 4.78 is 0. The number of aliphatic carboxylic acids is 2. The minimum Gasteiger partial charge on any atom is -0.481 e. The van der Waals surface area contributed by atoms with Crippen molar-refractivity contribution < 1.29 is 34.2 Å². The molecule has 222 valence electrons. The number of carbonyl (C=O) groups excluding carboxylic acids is 3. The minimum atomic E-state index is -1.57. The van der Waals surface area contributed by atoms with Crippen molar-refractivity contribution in [1.29, 1.82) is 0 Å². The Labute approximate surface area is 231 Å². The van der Waals surface area contributed by atoms with Crippen molar-refractivity contribution in [2.45, 2.75) is 109 Å². The van der Waals surface area contributed by atoms with Crippen molar-refractivity contribution in [3.05, 3.63) is 0 Å². The lowest BCUT2D eigenvalue weighted by atomic mass is 9.86. The summed E-state index contributed by atoms with van der Waals surface area (Å²) >= 11 is 0. The van der Waals surface area contributed by atoms with Gasteiger partial charge in [-0.3, -0.25) is 24.1 Å². The standard InChI is InChI=1S/C28H48N4O7/c1-2-31(24(33)12-8-11-20-13-15-30-16-14-20)19-25(34)32(27(37)22(29)18-26(35)36)23(28(38)39)17-21-9-6-4-3-5-7-10-21/h20-23,30H,2-19,29H2,1H3,(H,35,36)(H,38,39). The van der Waals surface area contributed by atoms with Gasteiger partial charge in [0.2, 0.25) is 17.7 Å². The SMILES string of the molecule is CCN(CC(=O)N(C(=O)C(N)CC(=O)O)C(CC1CCCCCCC1)C(=O)O)C(=O)CCCC1CCNCC1. The van der Waals surface area contributed by atoms with Crippen LogP contribution in [0.4, 0.5) is 0 Å². The van der Waals surface area contributed by atoms with E-state index in [2.05, 4.69) is 5.32 Å². The van der Waals surface area contributed by atoms with Crippen LogP contribution in [-0.4, -0.2) is 87.9 Å². The van der Waals surface area contributed by atoms with E-state index in [1.807, 2.05) is 0 Å². The van der Waals surface area contributed by atoms with E-state index in [0.717, 1.165) is 77.3 Å². The van der Waals surface area contributed by atoms with Crippen molar-refractivity contribution in [3.63, 3.8) is 0 Å². The van der Waals surface area contributed by atoms with Gasteiger partial charge in [-0.05, 0) is 64.0 Å². The number of carboxylic acids is 2. The number of imide groups is 1. The molecule has 11 nitrogen and oxygen atoms in total. The number of hydrogen-bond donors (Lipinski definition) is 4. The molecule has 1 saturated heterocycles. The Morgan fingerprint density at radius 1 is 0.897 bits per heavy atom. The fourth-order valence-electron chi connectivity index (χ4n) is 5.80. The summed E-state index contributed by atoms with van der Waals surface area (Å²) in [6, 6.07) is -3.04. The summed E-state index contributed by atoms with van der Waals surface area (Å²) in [6.45, 7) is 3.45. The topological polar surface area (TPSA) is 170 Å². The highest BCUT2D eigenvalue weighted by atomic mass is 16.4. The Bertz CT molecular complexity index is 823. The first kappa shape index (κ1) is 32.7. The number of likely N-dealkylation sites (N-methyl/N-ethyl adjacent to an activating group) is 1. The third kappa shape index (κ3) is 11.2. The van der Waals surface area contributed by atoms with E-state index < -0.39 is 48.8 Å². The highest BCUT2D eigenvalue weighted by Crippen LogP contribution is 2.28. The lowest BCUT2D eigenvalue weighted by molar-refractivity contribution is -0.161. The van der Waals surface area contributed by atoms with E-state index in [9.17, 15) is 29.1 Å². The maximum absolute atomic E-state index is 13.5. The molecule has 1 aliphatic heterocycles. The van der Waals surface area contributed by atoms with Crippen LogP contribution in [0.3, 0.4) is 0 Å². The van der Waals surface area contributed by atoms with Gasteiger partial charge in [0.1, 0.15) is 12.6 Å². The molecule has 11 heteroatoms. The molecule has 0 spiro atoms. The van der Waals surface area contributed by atoms with Crippen molar-refractivity contribution in [3.8, 4) is 0 Å². The van der Waals surface area contributed by atoms with Crippen LogP contribution >= 0.6 is 0 Å². The second-order valence-corrected chi connectivity index (χ2v) is 11.1. The predicted molar refractivity (Wildman–Crippen MR) is 146 cm³/mol. The maximum atomic E-state index is 13.5. The summed E-state index contributed by atoms with van der Waals surface area (Å²) in [6.07, 6.45) is 10.2. The first-order chi connectivity index (χ1) is 18.6. The number of carbonyl (C=O) groups is 5. The zero-order valence-corrected chi connectivity index (χ0v) is 23.4. The molecule has 2 fully saturated rings. The van der Waals surface area contributed by atoms with Gasteiger partial charge >= 0.3 is 11.9 Å². The van der Waals surface area contributed by atoms with Crippen molar-refractivity contribution >= 4 is 29.7 Å². The van der Waals surface area contributed by atoms with Gasteiger partial charge in [-0.1, -0.05) is 44.9 Å². The molecule has 5 N–H and O–H groups in total. The van der Waals surface area contributed by atoms with Crippen LogP contribution < -0.4 is 11.1 Å². The summed E-state index contributed by atoms with van der Waals surface area (Å²) in [5.41, 5.74) is 5.83. The Balaban J connectivity index is 2.15. The van der Waals surface area contributed by atoms with E-state index in [1.54, 1.807) is 6.92 Å². The van der Waals surface area contributed by atoms with Gasteiger partial charge in [0, 0.05) is 13.0 Å². The summed E-state index contributed by atoms with van der Waals surface area (Å²) in [7, 11) is 0. The van der Waals surface area contributed by atoms with E-state index in [4.69, 9.17) is 10.8 Å². The van der Waals surface area contributed by atoms with Gasteiger partial charge in [0.05, 0.1) is 12.5 Å². The number of piperidine rings is 1. The molecular weight excluding hydrogens is 504 g/mol. The fourth-order valence-corrected chi connectivity index (χ4v) is 5.80. The van der Waals surface area contributed by atoms with Crippen LogP contribution in [0.25, 0.3) is 0 Å². The molecule has 39 heavy (non-hydrogen) atoms. The highest BCUT2D eigenvalue weighted by molar-refractivity contribution is 6.03. The average Bonchev–Trinajstić information content (AvgIpc) is 2.87. The van der Waals surface area contributed by atoms with Gasteiger partial charge in [0.15, 0.2) is 0 Å². The van der Waals surface area contributed by atoms with Gasteiger partial charge in [-0.2, -0.15) is 0 Å². The molecule has 2 unspecified atom stereocenters. The van der Waals surface area contributed by atoms with Gasteiger partial charge < -0.3 is 26.2 Å². The van der Waals surface area contributed by atoms with E-state index in [0.29, 0.717) is 17.2 Å². The number of nitrogens with zero attached hydrogens (tertiary/aromatic N) is 2. The normalized spacial score (nSPS) is 18.8. The molecule has 2 atom stereocenters. The average molecular weight is 553 g/mol. The molecule has 2 aliphatic rings. The largest absolute Gasteiger partial charge is 0.481 e. The Kier molecular flexibility index (Phi) is 14.4. The van der Waals surface area contributed by atoms with Crippen molar-refractivity contribution in [1.82, 2.24) is 15.1 Å². The molecule has 0 aromatic carbocycles. The number of hydrogen-bond acceptors (Lipinski definition) is 7. The smallest absolute Gasteiger partial charge is 0.326 e. The molecule has 0 bridgehead atoms. The molecule has 0 aromatic heterocycles. The predicted octanol–water partition coefficient (Wildman–Crippen LogP) is 2.37. The van der Waals surface area contributed by atoms with Crippen LogP contribution in [-0.2, 0) is 24.0 Å². The molecule has 2 rings (SSSR count). The molecule has 0 radical (unpaired) electrons. The third-order valence-corrected chi connectivity index (χ3v) is 8.12. The molecule has 1 heterocycles. The minimum absolute atomic E-state index is 0.0177. The quantitative estimate of drug-likeness (QED) is 0.252. The highest BCUT2D eigenvalue weighted by Gasteiger charge is 2.39. The summed E-state index contributed by atoms with van der Waals surface area (Å²) in [5.74, 6) is -4.17. The fraction of sp³-hybridized carbons (Fsp3) is 0.821. The number of carboxylic acid groups (broad SMARTS) is 2. The molecule has 0 aromatic rings. The monoisotopic (exact) mass is 552 g/mol. The van der Waals surface area contributed by atoms with Gasteiger partial charge in [-0.15, -0.1) is 0 Å². The Morgan fingerprint density at radius 2 is 1.51 bits per heavy atom. The molecule has 1 saturated carbocycles. The van der Waals surface area contributed by atoms with Crippen LogP contribution in [0, 0.1) is 11.8 Å². The lowest BCUT2D eigenvalue weighted by Gasteiger charge is -2.33. The Morgan fingerprint density at radius 3 is 2.08 bits per heavy atom. The molecule has 3 amide bonds. The third-order valence-electron chi connectivity index (χ3n) is 8.12. The van der Waals surface area contributed by atoms with Crippen LogP contribution in [0.2, 0.25) is 0 Å². The summed E-state index contributed by atoms with van der Waals surface area (Å²) in [5, 5.41) is 22.6. The first-order valence-corrected chi connectivity index (χ1v) is 14.7. The Hall–Kier alpha value is -2.53. The number of amides is 3. The maximum Gasteiger partial charge on any atom is 0.326 e. The van der Waals surface area contributed by atoms with Crippen molar-refractivity contribution in [2.75, 3.05) is 26.2 Å². The van der Waals surface area contributed by atoms with Crippen LogP contribution in [0.15, 0.2) is 0 Å². The second kappa shape index (κ2) is 17.2. The first-order valence-electron chi connectivity index (χ1n) is 14.7.